The molecule has 1 aliphatic heterocycles. The Balaban J connectivity index is 1.63. The fourth-order valence-corrected chi connectivity index (χ4v) is 5.40. The average molecular weight is 533 g/mol. The number of para-hydroxylation sites is 1. The number of unbranched alkanes of at least 4 members (excludes halogenated alkanes) is 2. The molecule has 1 unspecified atom stereocenters. The summed E-state index contributed by atoms with van der Waals surface area (Å²) in [6.07, 6.45) is 2.32. The van der Waals surface area contributed by atoms with Crippen molar-refractivity contribution in [2.24, 2.45) is 0 Å². The van der Waals surface area contributed by atoms with Crippen LogP contribution in [0.2, 0.25) is 0 Å². The van der Waals surface area contributed by atoms with Crippen molar-refractivity contribution in [2.75, 3.05) is 10.7 Å². The molecule has 1 amide bonds. The number of nitrogens with one attached hydrogen (secondary N) is 1. The molecule has 38 heavy (non-hydrogen) atoms. The number of non-ortho nitro benzene ring substituents is 1. The van der Waals surface area contributed by atoms with Crippen LogP contribution < -0.4 is 15.1 Å². The first-order chi connectivity index (χ1) is 18.4. The average Bonchev–Trinajstić information content (AvgIpc) is 3.40. The van der Waals surface area contributed by atoms with Gasteiger partial charge < -0.3 is 4.42 Å². The van der Waals surface area contributed by atoms with E-state index in [0.717, 1.165) is 25.0 Å². The summed E-state index contributed by atoms with van der Waals surface area (Å²) in [5.74, 6) is 1.43. The minimum Gasteiger partial charge on any atom is -0.452 e. The van der Waals surface area contributed by atoms with Gasteiger partial charge in [0.2, 0.25) is 11.1 Å². The summed E-state index contributed by atoms with van der Waals surface area (Å²) >= 11 is 1.46. The lowest BCUT2D eigenvalue weighted by Gasteiger charge is -2.30. The van der Waals surface area contributed by atoms with Crippen LogP contribution in [0.4, 0.5) is 11.4 Å². The van der Waals surface area contributed by atoms with Crippen LogP contribution in [0.5, 0.6) is 0 Å². The highest BCUT2D eigenvalue weighted by Crippen LogP contribution is 2.38. The second-order valence-corrected chi connectivity index (χ2v) is 9.98. The number of H-pyrrole nitrogens is 1. The fraction of sp³-hybridized carbons (Fsp3) is 0.259. The van der Waals surface area contributed by atoms with Crippen molar-refractivity contribution in [3.05, 3.63) is 86.9 Å². The number of carbonyl (C=O) groups excluding carboxylic acids is 1. The van der Waals surface area contributed by atoms with E-state index in [1.165, 1.54) is 30.8 Å². The van der Waals surface area contributed by atoms with Gasteiger partial charge in [-0.3, -0.25) is 24.7 Å². The van der Waals surface area contributed by atoms with E-state index in [-0.39, 0.29) is 17.2 Å². The first kappa shape index (κ1) is 25.4. The predicted octanol–water partition coefficient (Wildman–Crippen LogP) is 5.09. The number of benzene rings is 2. The first-order valence-corrected chi connectivity index (χ1v) is 13.3. The number of aromatic nitrogens is 3. The van der Waals surface area contributed by atoms with E-state index >= 15 is 0 Å². The van der Waals surface area contributed by atoms with Crippen LogP contribution in [-0.4, -0.2) is 26.7 Å². The highest BCUT2D eigenvalue weighted by molar-refractivity contribution is 7.99. The normalized spacial score (nSPS) is 14.2. The molecule has 0 saturated heterocycles. The molecular formula is C27H26N5O5S+. The number of thioether (sulfide) groups is 1. The molecule has 1 aliphatic rings. The van der Waals surface area contributed by atoms with E-state index < -0.39 is 11.1 Å². The molecule has 0 radical (unpaired) electrons. The molecule has 2 aromatic heterocycles. The molecule has 0 bridgehead atoms. The molecule has 0 saturated carbocycles. The van der Waals surface area contributed by atoms with Crippen LogP contribution in [0, 0.1) is 10.1 Å². The van der Waals surface area contributed by atoms with Crippen molar-refractivity contribution in [1.29, 1.82) is 0 Å². The Labute approximate surface area is 222 Å². The minimum absolute atomic E-state index is 0.0240. The van der Waals surface area contributed by atoms with Crippen LogP contribution >= 0.6 is 11.8 Å². The van der Waals surface area contributed by atoms with E-state index in [9.17, 15) is 19.7 Å². The maximum atomic E-state index is 13.4. The van der Waals surface area contributed by atoms with Gasteiger partial charge in [0.25, 0.3) is 5.69 Å². The number of fused-ring (bicyclic) bond motifs is 3. The number of nitro benzene ring substituents is 1. The maximum Gasteiger partial charge on any atom is 0.325 e. The molecule has 1 N–H and O–H groups in total. The standard InChI is InChI=1S/C27H25N5O5S/c1-3-4-7-16-38-27-28-25(34)24-20-8-5-6-9-21(20)30(17(2)33)26(31(24)29-27)23-15-14-22(37-23)18-10-12-19(13-11-18)32(35)36/h5-6,8-15,26H,3-4,7,16H2,1-2H3/p+1. The lowest BCUT2D eigenvalue weighted by atomic mass is 10.0. The maximum absolute atomic E-state index is 13.4. The zero-order valence-electron chi connectivity index (χ0n) is 20.9. The first-order valence-electron chi connectivity index (χ1n) is 12.3. The summed E-state index contributed by atoms with van der Waals surface area (Å²) in [5.41, 5.74) is 1.81. The Morgan fingerprint density at radius 3 is 2.63 bits per heavy atom. The van der Waals surface area contributed by atoms with E-state index in [1.54, 1.807) is 46.0 Å². The molecule has 194 valence electrons. The van der Waals surface area contributed by atoms with Gasteiger partial charge in [0.1, 0.15) is 5.76 Å². The number of nitrogens with zero attached hydrogens (tertiary/aromatic N) is 4. The van der Waals surface area contributed by atoms with Gasteiger partial charge in [0, 0.05) is 35.5 Å². The van der Waals surface area contributed by atoms with E-state index in [1.807, 2.05) is 12.1 Å². The van der Waals surface area contributed by atoms with Crippen molar-refractivity contribution in [1.82, 2.24) is 10.1 Å². The van der Waals surface area contributed by atoms with Gasteiger partial charge in [-0.05, 0) is 47.5 Å². The van der Waals surface area contributed by atoms with Crippen molar-refractivity contribution in [3.8, 4) is 22.6 Å². The zero-order valence-corrected chi connectivity index (χ0v) is 21.7. The van der Waals surface area contributed by atoms with E-state index in [4.69, 9.17) is 9.52 Å². The van der Waals surface area contributed by atoms with Gasteiger partial charge in [-0.15, -0.1) is 0 Å². The second kappa shape index (κ2) is 10.6. The lowest BCUT2D eigenvalue weighted by Crippen LogP contribution is -2.60. The molecule has 4 aromatic rings. The minimum atomic E-state index is -0.846. The third kappa shape index (κ3) is 4.72. The Morgan fingerprint density at radius 2 is 1.92 bits per heavy atom. The molecule has 0 spiro atoms. The summed E-state index contributed by atoms with van der Waals surface area (Å²) in [4.78, 5) is 41.5. The number of amides is 1. The molecule has 0 aliphatic carbocycles. The smallest absolute Gasteiger partial charge is 0.325 e. The molecule has 0 fully saturated rings. The molecule has 2 aromatic carbocycles. The summed E-state index contributed by atoms with van der Waals surface area (Å²) in [7, 11) is 0. The summed E-state index contributed by atoms with van der Waals surface area (Å²) < 4.78 is 7.77. The topological polar surface area (TPSA) is 126 Å². The fourth-order valence-electron chi connectivity index (χ4n) is 4.55. The number of anilines is 1. The van der Waals surface area contributed by atoms with E-state index in [0.29, 0.717) is 39.2 Å². The predicted molar refractivity (Wildman–Crippen MR) is 143 cm³/mol. The highest BCUT2D eigenvalue weighted by atomic mass is 32.2. The van der Waals surface area contributed by atoms with Gasteiger partial charge in [-0.2, -0.15) is 0 Å². The molecule has 3 heterocycles. The van der Waals surface area contributed by atoms with Crippen LogP contribution in [0.3, 0.4) is 0 Å². The van der Waals surface area contributed by atoms with Crippen molar-refractivity contribution in [2.45, 2.75) is 44.4 Å². The van der Waals surface area contributed by atoms with Gasteiger partial charge in [-0.25, -0.2) is 4.90 Å². The van der Waals surface area contributed by atoms with Crippen molar-refractivity contribution >= 4 is 29.0 Å². The summed E-state index contributed by atoms with van der Waals surface area (Å²) in [5, 5.41) is 16.3. The molecular weight excluding hydrogens is 506 g/mol. The van der Waals surface area contributed by atoms with Gasteiger partial charge in [-0.1, -0.05) is 43.7 Å². The third-order valence-corrected chi connectivity index (χ3v) is 7.28. The highest BCUT2D eigenvalue weighted by Gasteiger charge is 2.46. The number of aromatic amines is 1. The second-order valence-electron chi connectivity index (χ2n) is 8.89. The molecule has 1 atom stereocenters. The molecule has 10 nitrogen and oxygen atoms in total. The van der Waals surface area contributed by atoms with Crippen molar-refractivity contribution < 1.29 is 18.8 Å². The zero-order chi connectivity index (χ0) is 26.8. The molecule has 11 heteroatoms. The Morgan fingerprint density at radius 1 is 1.16 bits per heavy atom. The number of furan rings is 1. The quantitative estimate of drug-likeness (QED) is 0.110. The number of hydrogen-bond acceptors (Lipinski definition) is 7. The SMILES string of the molecule is CCCCCSc1n[n+]2c(c(=O)[nH]1)-c1ccccc1N(C(C)=O)C2c1ccc(-c2ccc([N+](=O)[O-])cc2)o1. The van der Waals surface area contributed by atoms with Gasteiger partial charge in [0.15, 0.2) is 5.76 Å². The van der Waals surface area contributed by atoms with Crippen LogP contribution in [-0.2, 0) is 4.79 Å². The van der Waals surface area contributed by atoms with Crippen molar-refractivity contribution in [3.63, 3.8) is 0 Å². The number of hydrogen-bond donors (Lipinski definition) is 1. The van der Waals surface area contributed by atoms with Crippen LogP contribution in [0.15, 0.2) is 75.0 Å². The van der Waals surface area contributed by atoms with Gasteiger partial charge >= 0.3 is 17.4 Å². The Kier molecular flexibility index (Phi) is 7.10. The largest absolute Gasteiger partial charge is 0.452 e. The summed E-state index contributed by atoms with van der Waals surface area (Å²) in [6.45, 7) is 3.59. The van der Waals surface area contributed by atoms with E-state index in [2.05, 4.69) is 11.9 Å². The van der Waals surface area contributed by atoms with Gasteiger partial charge in [0.05, 0.1) is 16.2 Å². The number of rotatable bonds is 8. The third-order valence-electron chi connectivity index (χ3n) is 6.33. The van der Waals surface area contributed by atoms with Crippen LogP contribution in [0.25, 0.3) is 22.6 Å². The monoisotopic (exact) mass is 532 g/mol. The van der Waals surface area contributed by atoms with Crippen LogP contribution in [0.1, 0.15) is 45.0 Å². The number of carbonyl (C=O) groups is 1. The lowest BCUT2D eigenvalue weighted by molar-refractivity contribution is -0.764. The number of nitro groups is 1. The summed E-state index contributed by atoms with van der Waals surface area (Å²) in [6, 6.07) is 16.7. The molecule has 5 rings (SSSR count). The Bertz CT molecular complexity index is 1560. The Hall–Kier alpha value is -4.25.